The summed E-state index contributed by atoms with van der Waals surface area (Å²) in [4.78, 5) is 13.3. The van der Waals surface area contributed by atoms with Crippen LogP contribution in [0.5, 0.6) is 17.2 Å². The molecule has 0 aliphatic rings. The van der Waals surface area contributed by atoms with E-state index in [4.69, 9.17) is 18.3 Å². The minimum Gasteiger partial charge on any atom is -0.508 e. The van der Waals surface area contributed by atoms with Gasteiger partial charge in [0.25, 0.3) is 0 Å². The first-order valence-electron chi connectivity index (χ1n) is 13.9. The summed E-state index contributed by atoms with van der Waals surface area (Å²) >= 11 is 0. The maximum atomic E-state index is 14.2. The average molecular weight is 604 g/mol. The van der Waals surface area contributed by atoms with E-state index in [-0.39, 0.29) is 31.3 Å². The van der Waals surface area contributed by atoms with E-state index in [1.54, 1.807) is 12.1 Å². The minimum atomic E-state index is -4.16. The van der Waals surface area contributed by atoms with E-state index in [1.807, 2.05) is 94.4 Å². The normalized spacial score (nSPS) is 11.7. The highest BCUT2D eigenvalue weighted by Crippen LogP contribution is 2.53. The van der Waals surface area contributed by atoms with Crippen LogP contribution in [0.15, 0.2) is 91.0 Å². The molecule has 0 aliphatic heterocycles. The second kappa shape index (κ2) is 13.9. The summed E-state index contributed by atoms with van der Waals surface area (Å²) in [5.41, 5.74) is 3.66. The van der Waals surface area contributed by atoms with Crippen molar-refractivity contribution >= 4 is 19.4 Å². The number of phosphoric ester groups is 1. The maximum Gasteiger partial charge on any atom is 0.530 e. The molecule has 226 valence electrons. The number of benzene rings is 4. The maximum absolute atomic E-state index is 14.2. The number of nitrogens with one attached hydrogen (secondary N) is 1. The van der Waals surface area contributed by atoms with Gasteiger partial charge in [-0.25, -0.2) is 4.57 Å². The number of hydrogen-bond donors (Lipinski definition) is 2. The number of carbonyl (C=O) groups is 1. The van der Waals surface area contributed by atoms with Gasteiger partial charge in [-0.3, -0.25) is 13.8 Å². The van der Waals surface area contributed by atoms with E-state index < -0.39 is 13.2 Å². The zero-order valence-corrected chi connectivity index (χ0v) is 26.0. The Morgan fingerprint density at radius 2 is 1.42 bits per heavy atom. The average Bonchev–Trinajstić information content (AvgIpc) is 2.95. The molecule has 4 aromatic rings. The molecule has 43 heavy (non-hydrogen) atoms. The summed E-state index contributed by atoms with van der Waals surface area (Å²) in [6, 6.07) is 27.0. The quantitative estimate of drug-likeness (QED) is 0.148. The number of phenols is 1. The van der Waals surface area contributed by atoms with E-state index in [0.29, 0.717) is 22.7 Å². The molecule has 0 spiro atoms. The smallest absolute Gasteiger partial charge is 0.508 e. The lowest BCUT2D eigenvalue weighted by molar-refractivity contribution is -0.117. The number of methoxy groups -OCH3 is 1. The van der Waals surface area contributed by atoms with E-state index in [2.05, 4.69) is 5.32 Å². The number of ether oxygens (including phenoxy) is 1. The lowest BCUT2D eigenvalue weighted by Crippen LogP contribution is -2.27. The minimum absolute atomic E-state index is 0.00202. The van der Waals surface area contributed by atoms with Crippen molar-refractivity contribution in [2.45, 2.75) is 52.7 Å². The number of aromatic hydroxyl groups is 1. The van der Waals surface area contributed by atoms with Gasteiger partial charge in [-0.2, -0.15) is 0 Å². The second-order valence-electron chi connectivity index (χ2n) is 11.0. The third-order valence-corrected chi connectivity index (χ3v) is 8.17. The largest absolute Gasteiger partial charge is 0.530 e. The van der Waals surface area contributed by atoms with E-state index >= 15 is 0 Å². The topological polar surface area (TPSA) is 103 Å². The molecule has 4 aromatic carbocycles. The van der Waals surface area contributed by atoms with E-state index in [0.717, 1.165) is 22.3 Å². The van der Waals surface area contributed by atoms with Gasteiger partial charge >= 0.3 is 7.82 Å². The summed E-state index contributed by atoms with van der Waals surface area (Å²) < 4.78 is 37.5. The van der Waals surface area contributed by atoms with Crippen molar-refractivity contribution in [1.29, 1.82) is 0 Å². The van der Waals surface area contributed by atoms with Crippen molar-refractivity contribution in [3.05, 3.63) is 119 Å². The Labute approximate surface area is 253 Å². The molecule has 0 saturated heterocycles. The standard InChI is InChI=1S/C34H38NO7P/c1-24-18-25(2)33(34(3,4)21-32(37)35-29-20-28(36)16-17-30(29)39-5)31(19-24)42-43(38,40-22-26-12-8-6-9-13-26)41-23-27-14-10-7-11-15-27/h6-20,36H,21-23H2,1-5H3,(H,35,37). The number of aryl methyl sites for hydroxylation is 2. The number of anilines is 1. The fraction of sp³-hybridized carbons (Fsp3) is 0.265. The molecule has 0 heterocycles. The SMILES string of the molecule is COc1ccc(O)cc1NC(=O)CC(C)(C)c1c(C)cc(C)cc1OP(=O)(OCc1ccccc1)OCc1ccccc1. The van der Waals surface area contributed by atoms with Crippen molar-refractivity contribution in [2.24, 2.45) is 0 Å². The van der Waals surface area contributed by atoms with Crippen LogP contribution in [0.2, 0.25) is 0 Å². The van der Waals surface area contributed by atoms with Gasteiger partial charge in [0, 0.05) is 23.5 Å². The van der Waals surface area contributed by atoms with Crippen LogP contribution in [0.3, 0.4) is 0 Å². The molecule has 1 amide bonds. The zero-order valence-electron chi connectivity index (χ0n) is 25.1. The molecule has 9 heteroatoms. The van der Waals surface area contributed by atoms with Gasteiger partial charge in [0.2, 0.25) is 5.91 Å². The van der Waals surface area contributed by atoms with Crippen LogP contribution in [0.1, 0.15) is 48.1 Å². The van der Waals surface area contributed by atoms with Gasteiger partial charge in [-0.1, -0.05) is 80.6 Å². The molecule has 0 aliphatic carbocycles. The molecule has 4 rings (SSSR count). The van der Waals surface area contributed by atoms with Crippen LogP contribution < -0.4 is 14.6 Å². The molecule has 8 nitrogen and oxygen atoms in total. The predicted octanol–water partition coefficient (Wildman–Crippen LogP) is 8.24. The van der Waals surface area contributed by atoms with Gasteiger partial charge < -0.3 is 19.7 Å². The Balaban J connectivity index is 1.63. The van der Waals surface area contributed by atoms with Crippen LogP contribution in [0.25, 0.3) is 0 Å². The molecular formula is C34H38NO7P. The lowest BCUT2D eigenvalue weighted by atomic mass is 9.78. The molecule has 0 unspecified atom stereocenters. The number of phosphoric acid groups is 1. The van der Waals surface area contributed by atoms with Crippen molar-refractivity contribution in [3.63, 3.8) is 0 Å². The van der Waals surface area contributed by atoms with Gasteiger partial charge in [-0.15, -0.1) is 0 Å². The van der Waals surface area contributed by atoms with Crippen LogP contribution in [-0.2, 0) is 37.0 Å². The van der Waals surface area contributed by atoms with E-state index in [9.17, 15) is 14.5 Å². The molecule has 0 atom stereocenters. The van der Waals surface area contributed by atoms with Gasteiger partial charge in [0.05, 0.1) is 26.0 Å². The molecule has 0 aromatic heterocycles. The summed E-state index contributed by atoms with van der Waals surface area (Å²) in [6.07, 6.45) is 0.0477. The van der Waals surface area contributed by atoms with Crippen molar-refractivity contribution in [1.82, 2.24) is 0 Å². The number of phenolic OH excluding ortho intramolecular Hbond substituents is 1. The Bertz CT molecular complexity index is 1540. The number of amides is 1. The highest BCUT2D eigenvalue weighted by atomic mass is 31.2. The molecule has 2 N–H and O–H groups in total. The second-order valence-corrected chi connectivity index (χ2v) is 12.6. The van der Waals surface area contributed by atoms with Gasteiger partial charge in [0.1, 0.15) is 17.2 Å². The van der Waals surface area contributed by atoms with Crippen molar-refractivity contribution < 1.29 is 32.8 Å². The Morgan fingerprint density at radius 1 is 0.837 bits per heavy atom. The Hall–Kier alpha value is -4.10. The highest BCUT2D eigenvalue weighted by molar-refractivity contribution is 7.48. The first-order valence-corrected chi connectivity index (χ1v) is 15.4. The first-order chi connectivity index (χ1) is 20.5. The number of hydrogen-bond acceptors (Lipinski definition) is 7. The number of carbonyl (C=O) groups excluding carboxylic acids is 1. The van der Waals surface area contributed by atoms with Crippen LogP contribution >= 0.6 is 7.82 Å². The van der Waals surface area contributed by atoms with Crippen LogP contribution in [-0.4, -0.2) is 18.1 Å². The van der Waals surface area contributed by atoms with Crippen LogP contribution in [0, 0.1) is 13.8 Å². The van der Waals surface area contributed by atoms with Gasteiger partial charge in [0.15, 0.2) is 0 Å². The zero-order chi connectivity index (χ0) is 31.0. The van der Waals surface area contributed by atoms with Gasteiger partial charge in [-0.05, 0) is 54.3 Å². The summed E-state index contributed by atoms with van der Waals surface area (Å²) in [6.45, 7) is 7.70. The lowest BCUT2D eigenvalue weighted by Gasteiger charge is -2.30. The summed E-state index contributed by atoms with van der Waals surface area (Å²) in [5.74, 6) is 0.437. The summed E-state index contributed by atoms with van der Waals surface area (Å²) in [7, 11) is -2.67. The fourth-order valence-electron chi connectivity index (χ4n) is 5.01. The van der Waals surface area contributed by atoms with Crippen molar-refractivity contribution in [2.75, 3.05) is 12.4 Å². The monoisotopic (exact) mass is 603 g/mol. The van der Waals surface area contributed by atoms with E-state index in [1.165, 1.54) is 19.2 Å². The molecule has 0 bridgehead atoms. The number of rotatable bonds is 13. The van der Waals surface area contributed by atoms with Crippen molar-refractivity contribution in [3.8, 4) is 17.2 Å². The summed E-state index contributed by atoms with van der Waals surface area (Å²) in [5, 5.41) is 12.8. The molecule has 0 fully saturated rings. The molecular weight excluding hydrogens is 565 g/mol. The third-order valence-electron chi connectivity index (χ3n) is 6.85. The molecule has 0 saturated carbocycles. The third kappa shape index (κ3) is 8.71. The Kier molecular flexibility index (Phi) is 10.3. The highest BCUT2D eigenvalue weighted by Gasteiger charge is 2.35. The predicted molar refractivity (Wildman–Crippen MR) is 168 cm³/mol. The van der Waals surface area contributed by atoms with Crippen LogP contribution in [0.4, 0.5) is 5.69 Å². The Morgan fingerprint density at radius 3 is 1.98 bits per heavy atom. The molecule has 0 radical (unpaired) electrons. The fourth-order valence-corrected chi connectivity index (χ4v) is 6.19. The first kappa shape index (κ1) is 31.8.